The number of aromatic nitrogens is 2. The standard InChI is InChI=1S/C20H17N3O2/c1-2-4-18(5-3-1)25-14-20-21-12-19(23-20)15-6-8-16(9-7-15)22-17-10-11-24-13-17/h1-13,22H,14H2,(H,21,23). The van der Waals surface area contributed by atoms with Gasteiger partial charge in [0.25, 0.3) is 0 Å². The number of hydrogen-bond donors (Lipinski definition) is 2. The maximum Gasteiger partial charge on any atom is 0.146 e. The first-order chi connectivity index (χ1) is 12.4. The molecule has 0 spiro atoms. The van der Waals surface area contributed by atoms with Crippen molar-refractivity contribution >= 4 is 11.4 Å². The lowest BCUT2D eigenvalue weighted by atomic mass is 10.1. The van der Waals surface area contributed by atoms with Crippen LogP contribution in [0.2, 0.25) is 0 Å². The van der Waals surface area contributed by atoms with E-state index < -0.39 is 0 Å². The van der Waals surface area contributed by atoms with Gasteiger partial charge in [-0.15, -0.1) is 0 Å². The van der Waals surface area contributed by atoms with E-state index in [2.05, 4.69) is 15.3 Å². The molecule has 0 bridgehead atoms. The van der Waals surface area contributed by atoms with E-state index in [1.54, 1.807) is 12.5 Å². The zero-order valence-electron chi connectivity index (χ0n) is 13.5. The molecule has 2 aromatic carbocycles. The molecule has 0 unspecified atom stereocenters. The number of nitrogens with zero attached hydrogens (tertiary/aromatic N) is 1. The highest BCUT2D eigenvalue weighted by molar-refractivity contribution is 5.65. The van der Waals surface area contributed by atoms with E-state index in [-0.39, 0.29) is 0 Å². The van der Waals surface area contributed by atoms with Crippen molar-refractivity contribution in [3.05, 3.63) is 85.2 Å². The number of hydrogen-bond acceptors (Lipinski definition) is 4. The third-order valence-corrected chi connectivity index (χ3v) is 3.74. The summed E-state index contributed by atoms with van der Waals surface area (Å²) in [7, 11) is 0. The van der Waals surface area contributed by atoms with Crippen LogP contribution in [0.25, 0.3) is 11.3 Å². The van der Waals surface area contributed by atoms with Crippen LogP contribution < -0.4 is 10.1 Å². The second-order valence-electron chi connectivity index (χ2n) is 5.55. The fraction of sp³-hybridized carbons (Fsp3) is 0.0500. The normalized spacial score (nSPS) is 10.6. The minimum atomic E-state index is 0.407. The number of furan rings is 1. The number of para-hydroxylation sites is 1. The Labute approximate surface area is 145 Å². The van der Waals surface area contributed by atoms with Gasteiger partial charge in [-0.3, -0.25) is 0 Å². The number of ether oxygens (including phenoxy) is 1. The largest absolute Gasteiger partial charge is 0.486 e. The average molecular weight is 331 g/mol. The van der Waals surface area contributed by atoms with Crippen molar-refractivity contribution in [3.8, 4) is 17.0 Å². The number of imidazole rings is 1. The molecule has 2 heterocycles. The summed E-state index contributed by atoms with van der Waals surface area (Å²) in [6.45, 7) is 0.407. The lowest BCUT2D eigenvalue weighted by Gasteiger charge is -2.04. The maximum atomic E-state index is 5.71. The minimum absolute atomic E-state index is 0.407. The molecule has 0 saturated heterocycles. The van der Waals surface area contributed by atoms with E-state index in [0.717, 1.165) is 34.2 Å². The van der Waals surface area contributed by atoms with Crippen molar-refractivity contribution in [3.63, 3.8) is 0 Å². The lowest BCUT2D eigenvalue weighted by molar-refractivity contribution is 0.297. The molecule has 0 aliphatic heterocycles. The zero-order chi connectivity index (χ0) is 16.9. The van der Waals surface area contributed by atoms with Gasteiger partial charge in [-0.1, -0.05) is 30.3 Å². The SMILES string of the molecule is c1ccc(OCc2nc(-c3ccc(Nc4ccoc4)cc3)c[nH]2)cc1. The number of anilines is 2. The van der Waals surface area contributed by atoms with Crippen molar-refractivity contribution in [1.82, 2.24) is 9.97 Å². The van der Waals surface area contributed by atoms with Gasteiger partial charge in [0.2, 0.25) is 0 Å². The molecule has 0 aliphatic carbocycles. The Bertz CT molecular complexity index is 913. The molecule has 0 fully saturated rings. The second kappa shape index (κ2) is 6.97. The molecule has 0 saturated carbocycles. The van der Waals surface area contributed by atoms with Gasteiger partial charge in [-0.25, -0.2) is 4.98 Å². The number of aromatic amines is 1. The molecule has 5 heteroatoms. The molecule has 0 atom stereocenters. The van der Waals surface area contributed by atoms with Crippen LogP contribution in [-0.2, 0) is 6.61 Å². The van der Waals surface area contributed by atoms with Crippen molar-refractivity contribution in [2.45, 2.75) is 6.61 Å². The van der Waals surface area contributed by atoms with E-state index in [4.69, 9.17) is 9.15 Å². The summed E-state index contributed by atoms with van der Waals surface area (Å²) >= 11 is 0. The summed E-state index contributed by atoms with van der Waals surface area (Å²) in [5.41, 5.74) is 3.85. The zero-order valence-corrected chi connectivity index (χ0v) is 13.5. The van der Waals surface area contributed by atoms with Crippen molar-refractivity contribution in [1.29, 1.82) is 0 Å². The number of nitrogens with one attached hydrogen (secondary N) is 2. The smallest absolute Gasteiger partial charge is 0.146 e. The third-order valence-electron chi connectivity index (χ3n) is 3.74. The molecular weight excluding hydrogens is 314 g/mol. The van der Waals surface area contributed by atoms with Crippen LogP contribution in [0.3, 0.4) is 0 Å². The highest BCUT2D eigenvalue weighted by Gasteiger charge is 2.05. The Kier molecular flexibility index (Phi) is 4.20. The van der Waals surface area contributed by atoms with Crippen molar-refractivity contribution in [2.24, 2.45) is 0 Å². The number of rotatable bonds is 6. The van der Waals surface area contributed by atoms with Gasteiger partial charge in [0.15, 0.2) is 0 Å². The van der Waals surface area contributed by atoms with Crippen LogP contribution in [0.5, 0.6) is 5.75 Å². The molecule has 0 amide bonds. The van der Waals surface area contributed by atoms with Crippen LogP contribution in [0, 0.1) is 0 Å². The monoisotopic (exact) mass is 331 g/mol. The Balaban J connectivity index is 1.41. The van der Waals surface area contributed by atoms with Crippen LogP contribution >= 0.6 is 0 Å². The van der Waals surface area contributed by atoms with Gasteiger partial charge in [0, 0.05) is 17.4 Å². The first kappa shape index (κ1) is 15.1. The predicted octanol–water partition coefficient (Wildman–Crippen LogP) is 4.99. The average Bonchev–Trinajstić information content (AvgIpc) is 3.34. The topological polar surface area (TPSA) is 63.1 Å². The summed E-state index contributed by atoms with van der Waals surface area (Å²) in [6, 6.07) is 19.7. The lowest BCUT2D eigenvalue weighted by Crippen LogP contribution is -1.97. The molecule has 4 rings (SSSR count). The third kappa shape index (κ3) is 3.72. The quantitative estimate of drug-likeness (QED) is 0.522. The maximum absolute atomic E-state index is 5.71. The van der Waals surface area contributed by atoms with Gasteiger partial charge in [0.05, 0.1) is 17.6 Å². The van der Waals surface area contributed by atoms with Gasteiger partial charge < -0.3 is 19.5 Å². The molecule has 25 heavy (non-hydrogen) atoms. The van der Waals surface area contributed by atoms with Gasteiger partial charge in [-0.2, -0.15) is 0 Å². The summed E-state index contributed by atoms with van der Waals surface area (Å²) < 4.78 is 10.8. The molecule has 0 radical (unpaired) electrons. The van der Waals surface area contributed by atoms with E-state index in [1.807, 2.05) is 66.9 Å². The summed E-state index contributed by atoms with van der Waals surface area (Å²) in [6.07, 6.45) is 5.20. The molecular formula is C20H17N3O2. The molecule has 2 N–H and O–H groups in total. The van der Waals surface area contributed by atoms with Crippen molar-refractivity contribution < 1.29 is 9.15 Å². The van der Waals surface area contributed by atoms with Crippen LogP contribution in [0.1, 0.15) is 5.82 Å². The Morgan fingerprint density at radius 2 is 1.80 bits per heavy atom. The Hall–Kier alpha value is -3.47. The van der Waals surface area contributed by atoms with E-state index in [1.165, 1.54) is 0 Å². The van der Waals surface area contributed by atoms with Gasteiger partial charge >= 0.3 is 0 Å². The summed E-state index contributed by atoms with van der Waals surface area (Å²) in [5, 5.41) is 3.26. The van der Waals surface area contributed by atoms with Crippen LogP contribution in [0.15, 0.2) is 83.8 Å². The van der Waals surface area contributed by atoms with Gasteiger partial charge in [-0.05, 0) is 30.3 Å². The fourth-order valence-electron chi connectivity index (χ4n) is 2.48. The summed E-state index contributed by atoms with van der Waals surface area (Å²) in [4.78, 5) is 7.75. The van der Waals surface area contributed by atoms with E-state index >= 15 is 0 Å². The Morgan fingerprint density at radius 3 is 2.56 bits per heavy atom. The number of benzene rings is 2. The van der Waals surface area contributed by atoms with E-state index in [9.17, 15) is 0 Å². The van der Waals surface area contributed by atoms with Crippen molar-refractivity contribution in [2.75, 3.05) is 5.32 Å². The first-order valence-corrected chi connectivity index (χ1v) is 7.99. The minimum Gasteiger partial charge on any atom is -0.486 e. The van der Waals surface area contributed by atoms with E-state index in [0.29, 0.717) is 6.61 Å². The fourth-order valence-corrected chi connectivity index (χ4v) is 2.48. The highest BCUT2D eigenvalue weighted by atomic mass is 16.5. The van der Waals surface area contributed by atoms with Crippen LogP contribution in [-0.4, -0.2) is 9.97 Å². The summed E-state index contributed by atoms with van der Waals surface area (Å²) in [5.74, 6) is 1.62. The number of H-pyrrole nitrogens is 1. The van der Waals surface area contributed by atoms with Gasteiger partial charge in [0.1, 0.15) is 24.4 Å². The van der Waals surface area contributed by atoms with Crippen LogP contribution in [0.4, 0.5) is 11.4 Å². The Morgan fingerprint density at radius 1 is 0.960 bits per heavy atom. The molecule has 5 nitrogen and oxygen atoms in total. The molecule has 4 aromatic rings. The second-order valence-corrected chi connectivity index (χ2v) is 5.55. The molecule has 124 valence electrons. The first-order valence-electron chi connectivity index (χ1n) is 7.99. The molecule has 2 aromatic heterocycles. The highest BCUT2D eigenvalue weighted by Crippen LogP contribution is 2.22. The molecule has 0 aliphatic rings. The predicted molar refractivity (Wildman–Crippen MR) is 96.8 cm³/mol.